The Kier molecular flexibility index (Phi) is 3.54. The number of amides is 2. The molecule has 0 spiro atoms. The summed E-state index contributed by atoms with van der Waals surface area (Å²) in [4.78, 5) is 24.4. The third-order valence-corrected chi connectivity index (χ3v) is 5.65. The molecule has 0 N–H and O–H groups in total. The summed E-state index contributed by atoms with van der Waals surface area (Å²) in [6.45, 7) is 0.430. The van der Waals surface area contributed by atoms with Crippen LogP contribution in [0.2, 0.25) is 0 Å². The summed E-state index contributed by atoms with van der Waals surface area (Å²) in [5.41, 5.74) is 0.731. The molecule has 7 heteroatoms. The smallest absolute Gasteiger partial charge is 0.230 e. The average molecular weight is 308 g/mol. The van der Waals surface area contributed by atoms with Gasteiger partial charge in [0.25, 0.3) is 0 Å². The second-order valence-electron chi connectivity index (χ2n) is 5.37. The third kappa shape index (κ3) is 2.71. The van der Waals surface area contributed by atoms with Gasteiger partial charge < -0.3 is 0 Å². The molecule has 0 radical (unpaired) electrons. The van der Waals surface area contributed by atoms with Gasteiger partial charge in [-0.15, -0.1) is 0 Å². The van der Waals surface area contributed by atoms with E-state index in [1.165, 1.54) is 9.21 Å². The number of likely N-dealkylation sites (tertiary alicyclic amines) is 1. The van der Waals surface area contributed by atoms with Crippen LogP contribution in [0.25, 0.3) is 0 Å². The van der Waals surface area contributed by atoms with Gasteiger partial charge in [-0.25, -0.2) is 8.42 Å². The fourth-order valence-electron chi connectivity index (χ4n) is 2.68. The number of sulfonamides is 1. The Morgan fingerprint density at radius 1 is 1.00 bits per heavy atom. The maximum atomic E-state index is 12.2. The topological polar surface area (TPSA) is 74.8 Å². The zero-order chi connectivity index (χ0) is 15.0. The predicted molar refractivity (Wildman–Crippen MR) is 75.5 cm³/mol. The highest BCUT2D eigenvalue weighted by Gasteiger charge is 2.44. The van der Waals surface area contributed by atoms with Crippen LogP contribution >= 0.6 is 0 Å². The molecule has 21 heavy (non-hydrogen) atoms. The zero-order valence-corrected chi connectivity index (χ0v) is 12.3. The molecule has 3 rings (SSSR count). The Morgan fingerprint density at radius 3 is 2.14 bits per heavy atom. The highest BCUT2D eigenvalue weighted by atomic mass is 32.2. The van der Waals surface area contributed by atoms with Crippen molar-refractivity contribution in [1.82, 2.24) is 9.21 Å². The van der Waals surface area contributed by atoms with Gasteiger partial charge in [0.1, 0.15) is 0 Å². The second kappa shape index (κ2) is 5.23. The monoisotopic (exact) mass is 308 g/mol. The minimum Gasteiger partial charge on any atom is -0.277 e. The van der Waals surface area contributed by atoms with E-state index < -0.39 is 10.0 Å². The number of carbonyl (C=O) groups excluding carboxylic acids is 2. The van der Waals surface area contributed by atoms with Crippen LogP contribution in [-0.2, 0) is 25.4 Å². The van der Waals surface area contributed by atoms with Crippen LogP contribution < -0.4 is 0 Å². The summed E-state index contributed by atoms with van der Waals surface area (Å²) in [6, 6.07) is 8.67. The molecule has 2 aliphatic heterocycles. The molecular weight excluding hydrogens is 292 g/mol. The molecule has 2 amide bonds. The quantitative estimate of drug-likeness (QED) is 0.752. The van der Waals surface area contributed by atoms with Crippen molar-refractivity contribution >= 4 is 21.8 Å². The predicted octanol–water partition coefficient (Wildman–Crippen LogP) is 0.350. The van der Waals surface area contributed by atoms with E-state index in [1.807, 2.05) is 6.07 Å². The van der Waals surface area contributed by atoms with Crippen LogP contribution in [0.3, 0.4) is 0 Å². The van der Waals surface area contributed by atoms with E-state index >= 15 is 0 Å². The summed E-state index contributed by atoms with van der Waals surface area (Å²) in [6.07, 6.45) is 0.484. The zero-order valence-electron chi connectivity index (χ0n) is 11.4. The molecule has 1 aromatic carbocycles. The van der Waals surface area contributed by atoms with Gasteiger partial charge in [-0.05, 0) is 5.56 Å². The van der Waals surface area contributed by atoms with E-state index in [2.05, 4.69) is 0 Å². The number of carbonyl (C=O) groups is 2. The van der Waals surface area contributed by atoms with E-state index in [1.54, 1.807) is 24.3 Å². The number of hydrogen-bond acceptors (Lipinski definition) is 4. The lowest BCUT2D eigenvalue weighted by Crippen LogP contribution is -2.62. The molecule has 2 heterocycles. The van der Waals surface area contributed by atoms with E-state index in [9.17, 15) is 18.0 Å². The van der Waals surface area contributed by atoms with Gasteiger partial charge in [0, 0.05) is 25.9 Å². The molecule has 2 saturated heterocycles. The Labute approximate surface area is 123 Å². The van der Waals surface area contributed by atoms with E-state index in [0.29, 0.717) is 0 Å². The molecule has 0 aromatic heterocycles. The van der Waals surface area contributed by atoms with Crippen molar-refractivity contribution in [3.05, 3.63) is 35.9 Å². The Morgan fingerprint density at radius 2 is 1.57 bits per heavy atom. The fraction of sp³-hybridized carbons (Fsp3) is 0.429. The van der Waals surface area contributed by atoms with Crippen molar-refractivity contribution in [3.63, 3.8) is 0 Å². The van der Waals surface area contributed by atoms with Crippen molar-refractivity contribution in [2.45, 2.75) is 24.6 Å². The molecule has 0 unspecified atom stereocenters. The van der Waals surface area contributed by atoms with Gasteiger partial charge in [-0.3, -0.25) is 14.5 Å². The lowest BCUT2D eigenvalue weighted by atomic mass is 10.1. The van der Waals surface area contributed by atoms with Crippen molar-refractivity contribution in [3.8, 4) is 0 Å². The summed E-state index contributed by atoms with van der Waals surface area (Å²) in [7, 11) is -3.39. The molecule has 2 aliphatic rings. The van der Waals surface area contributed by atoms with Crippen molar-refractivity contribution in [1.29, 1.82) is 0 Å². The van der Waals surface area contributed by atoms with Crippen LogP contribution in [-0.4, -0.2) is 48.6 Å². The van der Waals surface area contributed by atoms with E-state index in [0.717, 1.165) is 5.56 Å². The van der Waals surface area contributed by atoms with Gasteiger partial charge in [0.15, 0.2) is 0 Å². The first-order valence-electron chi connectivity index (χ1n) is 6.84. The number of benzene rings is 1. The highest BCUT2D eigenvalue weighted by Crippen LogP contribution is 2.25. The first-order chi connectivity index (χ1) is 9.97. The lowest BCUT2D eigenvalue weighted by Gasteiger charge is -2.41. The molecule has 6 nitrogen and oxygen atoms in total. The Bertz CT molecular complexity index is 649. The molecule has 0 atom stereocenters. The van der Waals surface area contributed by atoms with Crippen LogP contribution in [0.15, 0.2) is 30.3 Å². The van der Waals surface area contributed by atoms with Crippen LogP contribution in [0.4, 0.5) is 0 Å². The minimum absolute atomic E-state index is 0.0531. The van der Waals surface area contributed by atoms with E-state index in [4.69, 9.17) is 0 Å². The number of hydrogen-bond donors (Lipinski definition) is 0. The molecule has 0 aliphatic carbocycles. The summed E-state index contributed by atoms with van der Waals surface area (Å²) >= 11 is 0. The van der Waals surface area contributed by atoms with Gasteiger partial charge >= 0.3 is 0 Å². The SMILES string of the molecule is O=C1CCC(=O)N1C1CN(S(=O)(=O)Cc2ccccc2)C1. The number of imide groups is 1. The number of nitrogens with zero attached hydrogens (tertiary/aromatic N) is 2. The average Bonchev–Trinajstić information content (AvgIpc) is 2.69. The Balaban J connectivity index is 1.63. The number of rotatable bonds is 4. The molecule has 0 saturated carbocycles. The molecule has 112 valence electrons. The first kappa shape index (κ1) is 14.2. The normalized spacial score (nSPS) is 20.9. The van der Waals surface area contributed by atoms with Crippen molar-refractivity contribution in [2.24, 2.45) is 0 Å². The van der Waals surface area contributed by atoms with Crippen molar-refractivity contribution < 1.29 is 18.0 Å². The fourth-order valence-corrected chi connectivity index (χ4v) is 4.28. The molecule has 0 bridgehead atoms. The summed E-state index contributed by atoms with van der Waals surface area (Å²) in [5.74, 6) is -0.433. The lowest BCUT2D eigenvalue weighted by molar-refractivity contribution is -0.143. The van der Waals surface area contributed by atoms with Crippen LogP contribution in [0, 0.1) is 0 Å². The summed E-state index contributed by atoms with van der Waals surface area (Å²) in [5, 5.41) is 0. The minimum atomic E-state index is -3.39. The maximum absolute atomic E-state index is 12.2. The van der Waals surface area contributed by atoms with Crippen molar-refractivity contribution in [2.75, 3.05) is 13.1 Å². The van der Waals surface area contributed by atoms with Gasteiger partial charge in [-0.1, -0.05) is 30.3 Å². The van der Waals surface area contributed by atoms with E-state index in [-0.39, 0.29) is 49.5 Å². The standard InChI is InChI=1S/C14H16N2O4S/c17-13-6-7-14(18)16(13)12-8-15(9-12)21(19,20)10-11-4-2-1-3-5-11/h1-5,12H,6-10H2. The summed E-state index contributed by atoms with van der Waals surface area (Å²) < 4.78 is 25.8. The van der Waals surface area contributed by atoms with Gasteiger partial charge in [0.2, 0.25) is 21.8 Å². The van der Waals surface area contributed by atoms with Gasteiger partial charge in [-0.2, -0.15) is 4.31 Å². The highest BCUT2D eigenvalue weighted by molar-refractivity contribution is 7.88. The largest absolute Gasteiger partial charge is 0.277 e. The van der Waals surface area contributed by atoms with Gasteiger partial charge in [0.05, 0.1) is 11.8 Å². The first-order valence-corrected chi connectivity index (χ1v) is 8.45. The third-order valence-electron chi connectivity index (χ3n) is 3.87. The maximum Gasteiger partial charge on any atom is 0.230 e. The van der Waals surface area contributed by atoms with Crippen LogP contribution in [0.1, 0.15) is 18.4 Å². The molecule has 1 aromatic rings. The van der Waals surface area contributed by atoms with Crippen LogP contribution in [0.5, 0.6) is 0 Å². The molecular formula is C14H16N2O4S. The Hall–Kier alpha value is -1.73. The molecule has 2 fully saturated rings. The second-order valence-corrected chi connectivity index (χ2v) is 7.34.